The van der Waals surface area contributed by atoms with Gasteiger partial charge in [-0.15, -0.1) is 0 Å². The van der Waals surface area contributed by atoms with E-state index in [0.717, 1.165) is 18.4 Å². The molecule has 2 aromatic rings. The van der Waals surface area contributed by atoms with Crippen LogP contribution in [0.5, 0.6) is 5.75 Å². The highest BCUT2D eigenvalue weighted by molar-refractivity contribution is 5.91. The number of hydrogen-bond acceptors (Lipinski definition) is 3. The van der Waals surface area contributed by atoms with E-state index in [0.29, 0.717) is 22.6 Å². The molecule has 2 aromatic carbocycles. The standard InChI is InChI=1S/C19H13NO3/c20-11-16-9-14(6-5-13(16)4-3-12-1-2-12)15-7-8-17(19(22)23)18(21)10-15/h5-10,12,21H,1-2H2,(H,22,23). The van der Waals surface area contributed by atoms with Crippen molar-refractivity contribution in [3.63, 3.8) is 0 Å². The van der Waals surface area contributed by atoms with Gasteiger partial charge < -0.3 is 10.2 Å². The molecule has 0 heterocycles. The molecule has 2 N–H and O–H groups in total. The van der Waals surface area contributed by atoms with Gasteiger partial charge >= 0.3 is 5.97 Å². The van der Waals surface area contributed by atoms with Crippen LogP contribution in [-0.2, 0) is 0 Å². The Morgan fingerprint density at radius 3 is 2.39 bits per heavy atom. The van der Waals surface area contributed by atoms with E-state index in [2.05, 4.69) is 17.9 Å². The number of aromatic hydroxyl groups is 1. The van der Waals surface area contributed by atoms with Gasteiger partial charge in [0.25, 0.3) is 0 Å². The third-order valence-corrected chi connectivity index (χ3v) is 3.69. The smallest absolute Gasteiger partial charge is 0.339 e. The summed E-state index contributed by atoms with van der Waals surface area (Å²) in [4.78, 5) is 10.9. The summed E-state index contributed by atoms with van der Waals surface area (Å²) < 4.78 is 0. The lowest BCUT2D eigenvalue weighted by Crippen LogP contribution is -1.96. The van der Waals surface area contributed by atoms with Gasteiger partial charge in [0.1, 0.15) is 17.4 Å². The molecule has 0 spiro atoms. The highest BCUT2D eigenvalue weighted by Crippen LogP contribution is 2.29. The van der Waals surface area contributed by atoms with E-state index in [4.69, 9.17) is 5.11 Å². The Kier molecular flexibility index (Phi) is 3.75. The van der Waals surface area contributed by atoms with Gasteiger partial charge in [0.2, 0.25) is 0 Å². The van der Waals surface area contributed by atoms with Gasteiger partial charge in [0.15, 0.2) is 0 Å². The molecule has 1 aliphatic rings. The Bertz CT molecular complexity index is 893. The van der Waals surface area contributed by atoms with Crippen LogP contribution in [0.25, 0.3) is 11.1 Å². The normalized spacial score (nSPS) is 12.8. The number of phenols is 1. The molecule has 0 saturated heterocycles. The number of nitrogens with zero attached hydrogens (tertiary/aromatic N) is 1. The largest absolute Gasteiger partial charge is 0.507 e. The van der Waals surface area contributed by atoms with Gasteiger partial charge in [-0.05, 0) is 48.2 Å². The predicted molar refractivity (Wildman–Crippen MR) is 84.8 cm³/mol. The van der Waals surface area contributed by atoms with Crippen LogP contribution in [-0.4, -0.2) is 16.2 Å². The zero-order valence-corrected chi connectivity index (χ0v) is 12.2. The number of aromatic carboxylic acids is 1. The van der Waals surface area contributed by atoms with Crippen LogP contribution < -0.4 is 0 Å². The Morgan fingerprint density at radius 1 is 1.09 bits per heavy atom. The van der Waals surface area contributed by atoms with Crippen molar-refractivity contribution in [3.05, 3.63) is 53.1 Å². The number of carboxylic acid groups (broad SMARTS) is 1. The maximum atomic E-state index is 10.9. The van der Waals surface area contributed by atoms with E-state index in [9.17, 15) is 15.2 Å². The lowest BCUT2D eigenvalue weighted by Gasteiger charge is -2.06. The molecule has 1 aliphatic carbocycles. The number of rotatable bonds is 2. The van der Waals surface area contributed by atoms with E-state index >= 15 is 0 Å². The summed E-state index contributed by atoms with van der Waals surface area (Å²) in [5, 5.41) is 28.0. The average molecular weight is 303 g/mol. The number of nitriles is 1. The summed E-state index contributed by atoms with van der Waals surface area (Å²) in [6.07, 6.45) is 2.25. The van der Waals surface area contributed by atoms with Crippen LogP contribution in [0.3, 0.4) is 0 Å². The van der Waals surface area contributed by atoms with Crippen LogP contribution >= 0.6 is 0 Å². The molecule has 1 saturated carbocycles. The molecule has 0 amide bonds. The first-order chi connectivity index (χ1) is 11.1. The average Bonchev–Trinajstić information content (AvgIpc) is 3.36. The van der Waals surface area contributed by atoms with E-state index < -0.39 is 5.97 Å². The minimum Gasteiger partial charge on any atom is -0.507 e. The monoisotopic (exact) mass is 303 g/mol. The molecule has 3 rings (SSSR count). The Labute approximate surface area is 133 Å². The molecule has 4 nitrogen and oxygen atoms in total. The summed E-state index contributed by atoms with van der Waals surface area (Å²) in [7, 11) is 0. The van der Waals surface area contributed by atoms with Crippen LogP contribution in [0.15, 0.2) is 36.4 Å². The van der Waals surface area contributed by atoms with Gasteiger partial charge in [-0.3, -0.25) is 0 Å². The van der Waals surface area contributed by atoms with Crippen molar-refractivity contribution in [2.75, 3.05) is 0 Å². The molecule has 0 bridgehead atoms. The fourth-order valence-electron chi connectivity index (χ4n) is 2.22. The summed E-state index contributed by atoms with van der Waals surface area (Å²) in [5.41, 5.74) is 2.38. The zero-order valence-electron chi connectivity index (χ0n) is 12.2. The third kappa shape index (κ3) is 3.17. The third-order valence-electron chi connectivity index (χ3n) is 3.69. The fraction of sp³-hybridized carbons (Fsp3) is 0.158. The van der Waals surface area contributed by atoms with Crippen LogP contribution in [0.1, 0.15) is 34.3 Å². The second kappa shape index (κ2) is 5.87. The first kappa shape index (κ1) is 14.7. The molecular formula is C19H13NO3. The molecule has 0 aromatic heterocycles. The van der Waals surface area contributed by atoms with Crippen LogP contribution in [0, 0.1) is 29.1 Å². The maximum Gasteiger partial charge on any atom is 0.339 e. The Hall–Kier alpha value is -3.24. The summed E-state index contributed by atoms with van der Waals surface area (Å²) in [5.74, 6) is 5.15. The molecular weight excluding hydrogens is 290 g/mol. The SMILES string of the molecule is N#Cc1cc(-c2ccc(C(=O)O)c(O)c2)ccc1C#CC1CC1. The van der Waals surface area contributed by atoms with Gasteiger partial charge in [-0.25, -0.2) is 4.79 Å². The number of hydrogen-bond donors (Lipinski definition) is 2. The summed E-state index contributed by atoms with van der Waals surface area (Å²) in [6, 6.07) is 11.8. The van der Waals surface area contributed by atoms with Gasteiger partial charge in [-0.1, -0.05) is 24.0 Å². The molecule has 0 atom stereocenters. The number of carbonyl (C=O) groups is 1. The predicted octanol–water partition coefficient (Wildman–Crippen LogP) is 3.39. The molecule has 1 fully saturated rings. The van der Waals surface area contributed by atoms with Crippen LogP contribution in [0.2, 0.25) is 0 Å². The van der Waals surface area contributed by atoms with Gasteiger partial charge in [0.05, 0.1) is 5.56 Å². The van der Waals surface area contributed by atoms with Crippen molar-refractivity contribution in [2.45, 2.75) is 12.8 Å². The first-order valence-corrected chi connectivity index (χ1v) is 7.21. The number of carboxylic acids is 1. The van der Waals surface area contributed by atoms with E-state index in [1.54, 1.807) is 18.2 Å². The van der Waals surface area contributed by atoms with Crippen molar-refractivity contribution in [2.24, 2.45) is 5.92 Å². The van der Waals surface area contributed by atoms with E-state index in [1.165, 1.54) is 12.1 Å². The van der Waals surface area contributed by atoms with Gasteiger partial charge in [0, 0.05) is 11.5 Å². The molecule has 4 heteroatoms. The van der Waals surface area contributed by atoms with Crippen molar-refractivity contribution in [3.8, 4) is 34.8 Å². The molecule has 0 radical (unpaired) electrons. The zero-order chi connectivity index (χ0) is 16.4. The van der Waals surface area contributed by atoms with Crippen molar-refractivity contribution in [1.29, 1.82) is 5.26 Å². The minimum absolute atomic E-state index is 0.152. The Morgan fingerprint density at radius 2 is 1.78 bits per heavy atom. The van der Waals surface area contributed by atoms with Crippen LogP contribution in [0.4, 0.5) is 0 Å². The lowest BCUT2D eigenvalue weighted by molar-refractivity contribution is 0.0694. The molecule has 0 unspecified atom stereocenters. The van der Waals surface area contributed by atoms with E-state index in [1.807, 2.05) is 6.07 Å². The Balaban J connectivity index is 1.98. The van der Waals surface area contributed by atoms with Crippen molar-refractivity contribution >= 4 is 5.97 Å². The van der Waals surface area contributed by atoms with E-state index in [-0.39, 0.29) is 11.3 Å². The molecule has 112 valence electrons. The first-order valence-electron chi connectivity index (χ1n) is 7.21. The highest BCUT2D eigenvalue weighted by Gasteiger charge is 2.18. The van der Waals surface area contributed by atoms with Crippen molar-refractivity contribution < 1.29 is 15.0 Å². The summed E-state index contributed by atoms with van der Waals surface area (Å²) in [6.45, 7) is 0. The second-order valence-electron chi connectivity index (χ2n) is 5.45. The lowest BCUT2D eigenvalue weighted by atomic mass is 9.98. The maximum absolute atomic E-state index is 10.9. The highest BCUT2D eigenvalue weighted by atomic mass is 16.4. The molecule has 0 aliphatic heterocycles. The summed E-state index contributed by atoms with van der Waals surface area (Å²) >= 11 is 0. The second-order valence-corrected chi connectivity index (χ2v) is 5.45. The fourth-order valence-corrected chi connectivity index (χ4v) is 2.22. The number of benzene rings is 2. The van der Waals surface area contributed by atoms with Gasteiger partial charge in [-0.2, -0.15) is 5.26 Å². The topological polar surface area (TPSA) is 81.3 Å². The molecule has 23 heavy (non-hydrogen) atoms. The minimum atomic E-state index is -1.18. The quantitative estimate of drug-likeness (QED) is 0.833. The van der Waals surface area contributed by atoms with Crippen molar-refractivity contribution in [1.82, 2.24) is 0 Å².